The molecule has 1 amide bonds. The van der Waals surface area contributed by atoms with Crippen LogP contribution in [0.4, 0.5) is 0 Å². The highest BCUT2D eigenvalue weighted by molar-refractivity contribution is 6.17. The van der Waals surface area contributed by atoms with E-state index in [1.54, 1.807) is 24.3 Å². The predicted molar refractivity (Wildman–Crippen MR) is 47.7 cm³/mol. The van der Waals surface area contributed by atoms with Crippen LogP contribution in [-0.2, 0) is 5.88 Å². The van der Waals surface area contributed by atoms with E-state index >= 15 is 0 Å². The minimum absolute atomic E-state index is 0.295. The smallest absolute Gasteiger partial charge is 0.265 e. The normalized spacial score (nSPS) is 9.50. The molecule has 1 rings (SSSR count). The first-order valence-electron chi connectivity index (χ1n) is 3.43. The number of nitrogens with two attached hydrogens (primary N) is 1. The van der Waals surface area contributed by atoms with Crippen LogP contribution in [0.3, 0.4) is 0 Å². The minimum atomic E-state index is -0.295. The molecule has 0 spiro atoms. The molecule has 64 valence electrons. The Morgan fingerprint density at radius 1 is 1.42 bits per heavy atom. The summed E-state index contributed by atoms with van der Waals surface area (Å²) < 4.78 is 0. The Morgan fingerprint density at radius 3 is 2.42 bits per heavy atom. The molecule has 0 bridgehead atoms. The Labute approximate surface area is 75.5 Å². The molecule has 0 aliphatic rings. The number of benzene rings is 1. The van der Waals surface area contributed by atoms with E-state index in [1.807, 2.05) is 5.43 Å². The molecule has 3 nitrogen and oxygen atoms in total. The summed E-state index contributed by atoms with van der Waals surface area (Å²) in [7, 11) is 0. The highest BCUT2D eigenvalue weighted by Crippen LogP contribution is 2.06. The van der Waals surface area contributed by atoms with Crippen LogP contribution in [0.5, 0.6) is 0 Å². The van der Waals surface area contributed by atoms with Crippen molar-refractivity contribution in [3.05, 3.63) is 35.4 Å². The van der Waals surface area contributed by atoms with Gasteiger partial charge in [0, 0.05) is 11.4 Å². The number of hydrogen-bond acceptors (Lipinski definition) is 2. The molecule has 0 saturated heterocycles. The number of carbonyl (C=O) groups excluding carboxylic acids is 1. The summed E-state index contributed by atoms with van der Waals surface area (Å²) in [6.45, 7) is 0. The van der Waals surface area contributed by atoms with E-state index < -0.39 is 0 Å². The molecule has 0 atom stereocenters. The topological polar surface area (TPSA) is 55.1 Å². The van der Waals surface area contributed by atoms with E-state index in [9.17, 15) is 4.79 Å². The molecular weight excluding hydrogens is 176 g/mol. The average Bonchev–Trinajstić information content (AvgIpc) is 2.17. The monoisotopic (exact) mass is 184 g/mol. The van der Waals surface area contributed by atoms with Crippen molar-refractivity contribution in [3.63, 3.8) is 0 Å². The first kappa shape index (κ1) is 9.03. The number of nitrogen functional groups attached to an aromatic ring is 1. The van der Waals surface area contributed by atoms with Gasteiger partial charge in [0.25, 0.3) is 5.91 Å². The van der Waals surface area contributed by atoms with Gasteiger partial charge in [0.2, 0.25) is 0 Å². The third-order valence-corrected chi connectivity index (χ3v) is 1.81. The molecule has 0 unspecified atom stereocenters. The first-order chi connectivity index (χ1) is 5.77. The molecule has 0 heterocycles. The van der Waals surface area contributed by atoms with E-state index in [1.165, 1.54) is 0 Å². The Bertz CT molecular complexity index is 271. The molecular formula is C8H9ClN2O. The molecule has 3 N–H and O–H groups in total. The quantitative estimate of drug-likeness (QED) is 0.312. The third-order valence-electron chi connectivity index (χ3n) is 1.50. The van der Waals surface area contributed by atoms with Gasteiger partial charge in [-0.05, 0) is 17.7 Å². The van der Waals surface area contributed by atoms with Gasteiger partial charge in [-0.2, -0.15) is 0 Å². The van der Waals surface area contributed by atoms with Gasteiger partial charge in [0.15, 0.2) is 0 Å². The van der Waals surface area contributed by atoms with Crippen LogP contribution in [0.25, 0.3) is 0 Å². The van der Waals surface area contributed by atoms with Crippen molar-refractivity contribution in [1.29, 1.82) is 0 Å². The second kappa shape index (κ2) is 4.09. The zero-order chi connectivity index (χ0) is 8.97. The lowest BCUT2D eigenvalue weighted by Crippen LogP contribution is -2.29. The van der Waals surface area contributed by atoms with Crippen molar-refractivity contribution in [2.45, 2.75) is 5.88 Å². The fourth-order valence-corrected chi connectivity index (χ4v) is 1.01. The van der Waals surface area contributed by atoms with E-state index in [4.69, 9.17) is 17.4 Å². The fraction of sp³-hybridized carbons (Fsp3) is 0.125. The molecule has 0 aliphatic carbocycles. The van der Waals surface area contributed by atoms with Gasteiger partial charge in [0.1, 0.15) is 0 Å². The molecule has 12 heavy (non-hydrogen) atoms. The van der Waals surface area contributed by atoms with Gasteiger partial charge < -0.3 is 0 Å². The summed E-state index contributed by atoms with van der Waals surface area (Å²) in [5, 5.41) is 0. The molecule has 0 saturated carbocycles. The summed E-state index contributed by atoms with van der Waals surface area (Å²) in [4.78, 5) is 10.9. The first-order valence-corrected chi connectivity index (χ1v) is 3.97. The van der Waals surface area contributed by atoms with Gasteiger partial charge in [-0.1, -0.05) is 12.1 Å². The van der Waals surface area contributed by atoms with E-state index in [2.05, 4.69) is 0 Å². The number of amides is 1. The van der Waals surface area contributed by atoms with Crippen LogP contribution in [0.2, 0.25) is 0 Å². The minimum Gasteiger partial charge on any atom is -0.290 e. The molecule has 0 aliphatic heterocycles. The van der Waals surface area contributed by atoms with Gasteiger partial charge >= 0.3 is 0 Å². The van der Waals surface area contributed by atoms with Crippen molar-refractivity contribution in [3.8, 4) is 0 Å². The molecule has 0 aromatic heterocycles. The summed E-state index contributed by atoms with van der Waals surface area (Å²) in [6, 6.07) is 6.94. The van der Waals surface area contributed by atoms with Crippen LogP contribution in [0, 0.1) is 0 Å². The molecule has 1 aromatic rings. The number of alkyl halides is 1. The Balaban J connectivity index is 2.84. The predicted octanol–water partition coefficient (Wildman–Crippen LogP) is 1.03. The lowest BCUT2D eigenvalue weighted by molar-refractivity contribution is 0.0953. The number of nitrogens with one attached hydrogen (secondary N) is 1. The van der Waals surface area contributed by atoms with Gasteiger partial charge in [0.05, 0.1) is 0 Å². The molecule has 4 heteroatoms. The van der Waals surface area contributed by atoms with Crippen molar-refractivity contribution >= 4 is 17.5 Å². The number of hydrogen-bond donors (Lipinski definition) is 2. The Morgan fingerprint density at radius 2 is 2.00 bits per heavy atom. The molecule has 1 aromatic carbocycles. The maximum atomic E-state index is 10.9. The highest BCUT2D eigenvalue weighted by Gasteiger charge is 2.01. The third kappa shape index (κ3) is 1.96. The lowest BCUT2D eigenvalue weighted by atomic mass is 10.1. The molecule has 0 fully saturated rings. The zero-order valence-corrected chi connectivity index (χ0v) is 7.14. The van der Waals surface area contributed by atoms with Crippen LogP contribution in [-0.4, -0.2) is 5.91 Å². The summed E-state index contributed by atoms with van der Waals surface area (Å²) >= 11 is 5.57. The largest absolute Gasteiger partial charge is 0.290 e. The number of rotatable bonds is 2. The number of carbonyl (C=O) groups is 1. The lowest BCUT2D eigenvalue weighted by Gasteiger charge is -1.99. The van der Waals surface area contributed by atoms with Crippen LogP contribution < -0.4 is 11.3 Å². The maximum absolute atomic E-state index is 10.9. The second-order valence-electron chi connectivity index (χ2n) is 2.30. The standard InChI is InChI=1S/C8H9ClN2O/c9-5-6-1-3-7(4-2-6)8(12)11-10/h1-4H,5,10H2,(H,11,12). The van der Waals surface area contributed by atoms with E-state index in [0.29, 0.717) is 11.4 Å². The summed E-state index contributed by atoms with van der Waals surface area (Å²) in [5.74, 6) is 5.10. The highest BCUT2D eigenvalue weighted by atomic mass is 35.5. The van der Waals surface area contributed by atoms with E-state index in [0.717, 1.165) is 5.56 Å². The SMILES string of the molecule is NNC(=O)c1ccc(CCl)cc1. The maximum Gasteiger partial charge on any atom is 0.265 e. The zero-order valence-electron chi connectivity index (χ0n) is 6.38. The summed E-state index contributed by atoms with van der Waals surface area (Å²) in [5.41, 5.74) is 3.56. The number of halogens is 1. The van der Waals surface area contributed by atoms with Crippen LogP contribution >= 0.6 is 11.6 Å². The van der Waals surface area contributed by atoms with Gasteiger partial charge in [-0.15, -0.1) is 11.6 Å². The second-order valence-corrected chi connectivity index (χ2v) is 2.57. The van der Waals surface area contributed by atoms with Crippen molar-refractivity contribution in [1.82, 2.24) is 5.43 Å². The van der Waals surface area contributed by atoms with Crippen molar-refractivity contribution in [2.24, 2.45) is 5.84 Å². The number of hydrazine groups is 1. The van der Waals surface area contributed by atoms with Crippen LogP contribution in [0.15, 0.2) is 24.3 Å². The van der Waals surface area contributed by atoms with Gasteiger partial charge in [-0.3, -0.25) is 10.2 Å². The van der Waals surface area contributed by atoms with Crippen molar-refractivity contribution in [2.75, 3.05) is 0 Å². The Kier molecular flexibility index (Phi) is 3.08. The molecule has 0 radical (unpaired) electrons. The average molecular weight is 185 g/mol. The van der Waals surface area contributed by atoms with Crippen molar-refractivity contribution < 1.29 is 4.79 Å². The summed E-state index contributed by atoms with van der Waals surface area (Å²) in [6.07, 6.45) is 0. The van der Waals surface area contributed by atoms with Crippen LogP contribution in [0.1, 0.15) is 15.9 Å². The fourth-order valence-electron chi connectivity index (χ4n) is 0.829. The van der Waals surface area contributed by atoms with Gasteiger partial charge in [-0.25, -0.2) is 5.84 Å². The van der Waals surface area contributed by atoms with E-state index in [-0.39, 0.29) is 5.91 Å². The Hall–Kier alpha value is -1.06.